The first-order valence-electron chi connectivity index (χ1n) is 6.30. The predicted molar refractivity (Wildman–Crippen MR) is 73.4 cm³/mol. The maximum absolute atomic E-state index is 13.3. The quantitative estimate of drug-likeness (QED) is 0.706. The molecule has 4 nitrogen and oxygen atoms in total. The van der Waals surface area contributed by atoms with Gasteiger partial charge in [-0.1, -0.05) is 26.0 Å². The summed E-state index contributed by atoms with van der Waals surface area (Å²) in [4.78, 5) is 11.6. The van der Waals surface area contributed by atoms with Crippen molar-refractivity contribution in [1.82, 2.24) is 5.32 Å². The minimum absolute atomic E-state index is 0.0764. The van der Waals surface area contributed by atoms with Crippen molar-refractivity contribution in [2.75, 3.05) is 25.0 Å². The van der Waals surface area contributed by atoms with Gasteiger partial charge in [-0.3, -0.25) is 4.79 Å². The summed E-state index contributed by atoms with van der Waals surface area (Å²) in [6, 6.07) is 6.05. The van der Waals surface area contributed by atoms with Crippen LogP contribution in [-0.4, -0.2) is 30.7 Å². The maximum atomic E-state index is 13.3. The first kappa shape index (κ1) is 15.6. The van der Waals surface area contributed by atoms with E-state index in [1.807, 2.05) is 13.8 Å². The van der Waals surface area contributed by atoms with Gasteiger partial charge in [-0.15, -0.1) is 0 Å². The number of nitrogens with one attached hydrogen (secondary N) is 2. The topological polar surface area (TPSA) is 61.4 Å². The van der Waals surface area contributed by atoms with Gasteiger partial charge in [0.25, 0.3) is 0 Å². The third-order valence-corrected chi connectivity index (χ3v) is 2.83. The molecule has 0 heterocycles. The third-order valence-electron chi connectivity index (χ3n) is 2.83. The fourth-order valence-corrected chi connectivity index (χ4v) is 1.66. The number of amides is 1. The molecule has 3 N–H and O–H groups in total. The van der Waals surface area contributed by atoms with Crippen molar-refractivity contribution in [2.24, 2.45) is 5.41 Å². The molecule has 0 unspecified atom stereocenters. The van der Waals surface area contributed by atoms with Crippen molar-refractivity contribution in [1.29, 1.82) is 0 Å². The molecule has 0 aliphatic heterocycles. The van der Waals surface area contributed by atoms with Crippen LogP contribution in [0.25, 0.3) is 0 Å². The maximum Gasteiger partial charge on any atom is 0.238 e. The minimum atomic E-state index is -0.448. The molecule has 1 rings (SSSR count). The molecular formula is C14H21FN2O2. The van der Waals surface area contributed by atoms with Gasteiger partial charge in [-0.25, -0.2) is 4.39 Å². The number of hydrogen-bond donors (Lipinski definition) is 3. The highest BCUT2D eigenvalue weighted by molar-refractivity contribution is 5.92. The van der Waals surface area contributed by atoms with E-state index in [0.29, 0.717) is 13.0 Å². The summed E-state index contributed by atoms with van der Waals surface area (Å²) in [6.07, 6.45) is 0.662. The lowest BCUT2D eigenvalue weighted by atomic mass is 9.90. The second-order valence-corrected chi connectivity index (χ2v) is 5.27. The summed E-state index contributed by atoms with van der Waals surface area (Å²) < 4.78 is 13.3. The Kier molecular flexibility index (Phi) is 5.92. The Bertz CT molecular complexity index is 422. The van der Waals surface area contributed by atoms with E-state index in [-0.39, 0.29) is 30.2 Å². The van der Waals surface area contributed by atoms with Crippen LogP contribution in [0.4, 0.5) is 10.1 Å². The van der Waals surface area contributed by atoms with Gasteiger partial charge < -0.3 is 15.7 Å². The Morgan fingerprint density at radius 3 is 2.68 bits per heavy atom. The van der Waals surface area contributed by atoms with Crippen LogP contribution in [0.2, 0.25) is 0 Å². The second kappa shape index (κ2) is 7.21. The molecule has 106 valence electrons. The molecule has 1 amide bonds. The SMILES string of the molecule is CC(C)(CCO)CNCC(=O)Nc1ccccc1F. The number of para-hydroxylation sites is 1. The zero-order valence-electron chi connectivity index (χ0n) is 11.4. The zero-order valence-corrected chi connectivity index (χ0v) is 11.4. The minimum Gasteiger partial charge on any atom is -0.396 e. The number of aliphatic hydroxyl groups is 1. The molecule has 0 aliphatic carbocycles. The molecule has 1 aromatic carbocycles. The molecular weight excluding hydrogens is 247 g/mol. The lowest BCUT2D eigenvalue weighted by Gasteiger charge is -2.23. The molecule has 0 saturated carbocycles. The van der Waals surface area contributed by atoms with Crippen LogP contribution in [0.3, 0.4) is 0 Å². The number of benzene rings is 1. The highest BCUT2D eigenvalue weighted by Gasteiger charge is 2.17. The number of rotatable bonds is 7. The van der Waals surface area contributed by atoms with Crippen molar-refractivity contribution in [3.05, 3.63) is 30.1 Å². The van der Waals surface area contributed by atoms with Crippen molar-refractivity contribution < 1.29 is 14.3 Å². The van der Waals surface area contributed by atoms with Gasteiger partial charge in [0.05, 0.1) is 12.2 Å². The van der Waals surface area contributed by atoms with Crippen molar-refractivity contribution in [3.8, 4) is 0 Å². The number of carbonyl (C=O) groups excluding carboxylic acids is 1. The van der Waals surface area contributed by atoms with Gasteiger partial charge in [-0.2, -0.15) is 0 Å². The van der Waals surface area contributed by atoms with E-state index < -0.39 is 5.82 Å². The molecule has 0 aromatic heterocycles. The Morgan fingerprint density at radius 1 is 1.37 bits per heavy atom. The van der Waals surface area contributed by atoms with Crippen molar-refractivity contribution >= 4 is 11.6 Å². The Morgan fingerprint density at radius 2 is 2.05 bits per heavy atom. The average molecular weight is 268 g/mol. The van der Waals surface area contributed by atoms with Crippen LogP contribution in [-0.2, 0) is 4.79 Å². The number of aliphatic hydroxyl groups excluding tert-OH is 1. The van der Waals surface area contributed by atoms with Gasteiger partial charge in [0.1, 0.15) is 5.82 Å². The van der Waals surface area contributed by atoms with Crippen LogP contribution >= 0.6 is 0 Å². The van der Waals surface area contributed by atoms with Gasteiger partial charge >= 0.3 is 0 Å². The standard InChI is InChI=1S/C14H21FN2O2/c1-14(2,7-8-18)10-16-9-13(19)17-12-6-4-3-5-11(12)15/h3-6,16,18H,7-10H2,1-2H3,(H,17,19). The zero-order chi connectivity index (χ0) is 14.3. The molecule has 0 saturated heterocycles. The Labute approximate surface area is 113 Å². The van der Waals surface area contributed by atoms with Crippen LogP contribution < -0.4 is 10.6 Å². The monoisotopic (exact) mass is 268 g/mol. The largest absolute Gasteiger partial charge is 0.396 e. The van der Waals surface area contributed by atoms with Gasteiger partial charge in [0.2, 0.25) is 5.91 Å². The number of anilines is 1. The highest BCUT2D eigenvalue weighted by Crippen LogP contribution is 2.17. The summed E-state index contributed by atoms with van der Waals surface area (Å²) in [5.74, 6) is -0.735. The van der Waals surface area contributed by atoms with Crippen molar-refractivity contribution in [3.63, 3.8) is 0 Å². The van der Waals surface area contributed by atoms with E-state index in [1.54, 1.807) is 12.1 Å². The molecule has 5 heteroatoms. The average Bonchev–Trinajstić information content (AvgIpc) is 2.31. The molecule has 19 heavy (non-hydrogen) atoms. The Hall–Kier alpha value is -1.46. The van der Waals surface area contributed by atoms with Crippen LogP contribution in [0.1, 0.15) is 20.3 Å². The fraction of sp³-hybridized carbons (Fsp3) is 0.500. The summed E-state index contributed by atoms with van der Waals surface area (Å²) in [6.45, 7) is 4.85. The fourth-order valence-electron chi connectivity index (χ4n) is 1.66. The first-order valence-corrected chi connectivity index (χ1v) is 6.30. The van der Waals surface area contributed by atoms with E-state index in [2.05, 4.69) is 10.6 Å². The summed E-state index contributed by atoms with van der Waals surface area (Å²) in [5.41, 5.74) is 0.108. The second-order valence-electron chi connectivity index (χ2n) is 5.27. The van der Waals surface area contributed by atoms with Gasteiger partial charge in [-0.05, 0) is 24.0 Å². The van der Waals surface area contributed by atoms with Crippen LogP contribution in [0.5, 0.6) is 0 Å². The Balaban J connectivity index is 2.35. The summed E-state index contributed by atoms with van der Waals surface area (Å²) in [5, 5.41) is 14.4. The lowest BCUT2D eigenvalue weighted by Crippen LogP contribution is -2.35. The van der Waals surface area contributed by atoms with Gasteiger partial charge in [0.15, 0.2) is 0 Å². The number of carbonyl (C=O) groups is 1. The molecule has 0 aliphatic rings. The molecule has 1 aromatic rings. The summed E-state index contributed by atoms with van der Waals surface area (Å²) >= 11 is 0. The molecule has 0 bridgehead atoms. The molecule has 0 radical (unpaired) electrons. The van der Waals surface area contributed by atoms with Crippen LogP contribution in [0, 0.1) is 11.2 Å². The van der Waals surface area contributed by atoms with Crippen molar-refractivity contribution in [2.45, 2.75) is 20.3 Å². The summed E-state index contributed by atoms with van der Waals surface area (Å²) in [7, 11) is 0. The van der Waals surface area contributed by atoms with E-state index in [1.165, 1.54) is 12.1 Å². The molecule has 0 fully saturated rings. The lowest BCUT2D eigenvalue weighted by molar-refractivity contribution is -0.115. The van der Waals surface area contributed by atoms with E-state index in [9.17, 15) is 9.18 Å². The molecule has 0 atom stereocenters. The van der Waals surface area contributed by atoms with E-state index in [4.69, 9.17) is 5.11 Å². The van der Waals surface area contributed by atoms with E-state index in [0.717, 1.165) is 0 Å². The molecule has 0 spiro atoms. The normalized spacial score (nSPS) is 11.4. The number of halogens is 1. The van der Waals surface area contributed by atoms with E-state index >= 15 is 0 Å². The number of hydrogen-bond acceptors (Lipinski definition) is 3. The smallest absolute Gasteiger partial charge is 0.238 e. The van der Waals surface area contributed by atoms with Gasteiger partial charge in [0, 0.05) is 13.2 Å². The highest BCUT2D eigenvalue weighted by atomic mass is 19.1. The van der Waals surface area contributed by atoms with Crippen LogP contribution in [0.15, 0.2) is 24.3 Å². The predicted octanol–water partition coefficient (Wildman–Crippen LogP) is 1.76. The third kappa shape index (κ3) is 5.81. The first-order chi connectivity index (χ1) is 8.94.